The Balaban J connectivity index is 2.78. The zero-order chi connectivity index (χ0) is 9.84. The summed E-state index contributed by atoms with van der Waals surface area (Å²) in [5.74, 6) is 0.586. The maximum atomic E-state index is 4.40. The van der Waals surface area contributed by atoms with Crippen LogP contribution in [0.15, 0.2) is 12.4 Å². The summed E-state index contributed by atoms with van der Waals surface area (Å²) in [6.45, 7) is 8.83. The van der Waals surface area contributed by atoms with Crippen LogP contribution in [0.2, 0.25) is 0 Å². The first-order valence-corrected chi connectivity index (χ1v) is 5.23. The molecule has 1 rings (SSSR count). The van der Waals surface area contributed by atoms with Gasteiger partial charge in [0, 0.05) is 6.20 Å². The van der Waals surface area contributed by atoms with Gasteiger partial charge in [-0.1, -0.05) is 27.7 Å². The van der Waals surface area contributed by atoms with Crippen molar-refractivity contribution in [1.82, 2.24) is 9.78 Å². The lowest BCUT2D eigenvalue weighted by Crippen LogP contribution is -2.06. The van der Waals surface area contributed by atoms with E-state index in [0.717, 1.165) is 12.8 Å². The smallest absolute Gasteiger partial charge is 0.0524 e. The third-order valence-electron chi connectivity index (χ3n) is 2.60. The van der Waals surface area contributed by atoms with Crippen LogP contribution < -0.4 is 0 Å². The van der Waals surface area contributed by atoms with Gasteiger partial charge in [0.25, 0.3) is 0 Å². The van der Waals surface area contributed by atoms with Gasteiger partial charge in [0.1, 0.15) is 0 Å². The predicted octanol–water partition coefficient (Wildman–Crippen LogP) is 3.37. The van der Waals surface area contributed by atoms with Crippen LogP contribution >= 0.6 is 0 Å². The molecule has 0 aliphatic rings. The van der Waals surface area contributed by atoms with E-state index in [2.05, 4.69) is 43.7 Å². The van der Waals surface area contributed by atoms with Crippen molar-refractivity contribution < 1.29 is 0 Å². The highest BCUT2D eigenvalue weighted by Gasteiger charge is 2.08. The van der Waals surface area contributed by atoms with Crippen LogP contribution in [0, 0.1) is 0 Å². The summed E-state index contributed by atoms with van der Waals surface area (Å²) in [6, 6.07) is 0.576. The second-order valence-corrected chi connectivity index (χ2v) is 3.88. The van der Waals surface area contributed by atoms with E-state index in [4.69, 9.17) is 0 Å². The summed E-state index contributed by atoms with van der Waals surface area (Å²) in [5.41, 5.74) is 1.34. The summed E-state index contributed by atoms with van der Waals surface area (Å²) in [7, 11) is 0. The molecule has 0 N–H and O–H groups in total. The van der Waals surface area contributed by atoms with E-state index in [-0.39, 0.29) is 0 Å². The van der Waals surface area contributed by atoms with Crippen molar-refractivity contribution in [3.05, 3.63) is 18.0 Å². The number of nitrogens with zero attached hydrogens (tertiary/aromatic N) is 2. The molecule has 13 heavy (non-hydrogen) atoms. The van der Waals surface area contributed by atoms with E-state index in [1.54, 1.807) is 0 Å². The van der Waals surface area contributed by atoms with Crippen LogP contribution in [0.5, 0.6) is 0 Å². The molecule has 1 aromatic heterocycles. The topological polar surface area (TPSA) is 17.8 Å². The maximum Gasteiger partial charge on any atom is 0.0524 e. The molecule has 1 aromatic rings. The van der Waals surface area contributed by atoms with Crippen molar-refractivity contribution in [2.24, 2.45) is 0 Å². The largest absolute Gasteiger partial charge is 0.269 e. The molecule has 0 saturated carbocycles. The van der Waals surface area contributed by atoms with Gasteiger partial charge in [0.05, 0.1) is 12.2 Å². The van der Waals surface area contributed by atoms with Crippen LogP contribution in [-0.4, -0.2) is 9.78 Å². The van der Waals surface area contributed by atoms with E-state index in [0.29, 0.717) is 12.0 Å². The van der Waals surface area contributed by atoms with Crippen LogP contribution in [0.25, 0.3) is 0 Å². The highest BCUT2D eigenvalue weighted by atomic mass is 15.3. The van der Waals surface area contributed by atoms with Crippen LogP contribution in [0.4, 0.5) is 0 Å². The fourth-order valence-electron chi connectivity index (χ4n) is 1.51. The van der Waals surface area contributed by atoms with E-state index in [9.17, 15) is 0 Å². The highest BCUT2D eigenvalue weighted by molar-refractivity contribution is 5.09. The Labute approximate surface area is 81.0 Å². The lowest BCUT2D eigenvalue weighted by Gasteiger charge is -2.12. The first-order valence-electron chi connectivity index (χ1n) is 5.23. The van der Waals surface area contributed by atoms with Crippen LogP contribution in [0.3, 0.4) is 0 Å². The monoisotopic (exact) mass is 180 g/mol. The molecule has 2 nitrogen and oxygen atoms in total. The van der Waals surface area contributed by atoms with E-state index < -0.39 is 0 Å². The molecule has 0 unspecified atom stereocenters. The van der Waals surface area contributed by atoms with Crippen molar-refractivity contribution in [1.29, 1.82) is 0 Å². The van der Waals surface area contributed by atoms with Gasteiger partial charge < -0.3 is 0 Å². The summed E-state index contributed by atoms with van der Waals surface area (Å²) in [4.78, 5) is 0. The van der Waals surface area contributed by atoms with Crippen molar-refractivity contribution in [3.8, 4) is 0 Å². The molecule has 0 spiro atoms. The molecule has 1 heterocycles. The zero-order valence-corrected chi connectivity index (χ0v) is 9.12. The average Bonchev–Trinajstić information content (AvgIpc) is 2.56. The van der Waals surface area contributed by atoms with Crippen molar-refractivity contribution >= 4 is 0 Å². The minimum atomic E-state index is 0.576. The molecule has 0 aromatic carbocycles. The minimum absolute atomic E-state index is 0.576. The minimum Gasteiger partial charge on any atom is -0.269 e. The van der Waals surface area contributed by atoms with Gasteiger partial charge in [-0.2, -0.15) is 5.10 Å². The SMILES string of the molecule is CCC(CC)n1cc(C(C)C)cn1. The molecule has 0 saturated heterocycles. The second-order valence-electron chi connectivity index (χ2n) is 3.88. The Morgan fingerprint density at radius 1 is 1.31 bits per heavy atom. The predicted molar refractivity (Wildman–Crippen MR) is 55.9 cm³/mol. The standard InChI is InChI=1S/C11H20N2/c1-5-11(6-2)13-8-10(7-12-13)9(3)4/h7-9,11H,5-6H2,1-4H3. The zero-order valence-electron chi connectivity index (χ0n) is 9.12. The van der Waals surface area contributed by atoms with Crippen molar-refractivity contribution in [2.75, 3.05) is 0 Å². The van der Waals surface area contributed by atoms with Gasteiger partial charge in [-0.3, -0.25) is 4.68 Å². The third-order valence-corrected chi connectivity index (χ3v) is 2.60. The highest BCUT2D eigenvalue weighted by Crippen LogP contribution is 2.18. The lowest BCUT2D eigenvalue weighted by atomic mass is 10.1. The van der Waals surface area contributed by atoms with Gasteiger partial charge in [0.2, 0.25) is 0 Å². The molecular formula is C11H20N2. The van der Waals surface area contributed by atoms with Gasteiger partial charge >= 0.3 is 0 Å². The Kier molecular flexibility index (Phi) is 3.52. The van der Waals surface area contributed by atoms with Gasteiger partial charge in [0.15, 0.2) is 0 Å². The Hall–Kier alpha value is -0.790. The molecule has 0 fully saturated rings. The summed E-state index contributed by atoms with van der Waals surface area (Å²) < 4.78 is 2.11. The van der Waals surface area contributed by atoms with E-state index in [1.165, 1.54) is 5.56 Å². The normalized spacial score (nSPS) is 11.5. The Morgan fingerprint density at radius 3 is 2.31 bits per heavy atom. The third kappa shape index (κ3) is 2.33. The Bertz CT molecular complexity index is 246. The summed E-state index contributed by atoms with van der Waals surface area (Å²) >= 11 is 0. The molecule has 0 radical (unpaired) electrons. The molecule has 0 amide bonds. The molecule has 0 aliphatic heterocycles. The number of aromatic nitrogens is 2. The van der Waals surface area contributed by atoms with Crippen molar-refractivity contribution in [2.45, 2.75) is 52.5 Å². The lowest BCUT2D eigenvalue weighted by molar-refractivity contribution is 0.428. The number of rotatable bonds is 4. The number of hydrogen-bond donors (Lipinski definition) is 0. The Morgan fingerprint density at radius 2 is 1.92 bits per heavy atom. The molecule has 0 bridgehead atoms. The van der Waals surface area contributed by atoms with E-state index >= 15 is 0 Å². The summed E-state index contributed by atoms with van der Waals surface area (Å²) in [6.07, 6.45) is 6.50. The fraction of sp³-hybridized carbons (Fsp3) is 0.727. The van der Waals surface area contributed by atoms with E-state index in [1.807, 2.05) is 6.20 Å². The first kappa shape index (κ1) is 10.3. The summed E-state index contributed by atoms with van der Waals surface area (Å²) in [5, 5.41) is 4.40. The van der Waals surface area contributed by atoms with Gasteiger partial charge in [-0.15, -0.1) is 0 Å². The molecule has 2 heteroatoms. The molecule has 0 atom stereocenters. The van der Waals surface area contributed by atoms with Gasteiger partial charge in [-0.25, -0.2) is 0 Å². The van der Waals surface area contributed by atoms with Gasteiger partial charge in [-0.05, 0) is 24.3 Å². The maximum absolute atomic E-state index is 4.40. The van der Waals surface area contributed by atoms with Crippen molar-refractivity contribution in [3.63, 3.8) is 0 Å². The average molecular weight is 180 g/mol. The fourth-order valence-corrected chi connectivity index (χ4v) is 1.51. The van der Waals surface area contributed by atoms with Crippen LogP contribution in [-0.2, 0) is 0 Å². The molecule has 74 valence electrons. The molecular weight excluding hydrogens is 160 g/mol. The first-order chi connectivity index (χ1) is 6.19. The number of hydrogen-bond acceptors (Lipinski definition) is 1. The molecule has 0 aliphatic carbocycles. The quantitative estimate of drug-likeness (QED) is 0.694. The second kappa shape index (κ2) is 4.45. The van der Waals surface area contributed by atoms with Crippen LogP contribution in [0.1, 0.15) is 58.1 Å².